The number of benzene rings is 1. The van der Waals surface area contributed by atoms with Gasteiger partial charge < -0.3 is 10.0 Å². The molecule has 0 radical (unpaired) electrons. The van der Waals surface area contributed by atoms with Gasteiger partial charge >= 0.3 is 0 Å². The van der Waals surface area contributed by atoms with E-state index in [4.69, 9.17) is 5.11 Å². The molecule has 0 bridgehead atoms. The largest absolute Gasteiger partial charge is 0.392 e. The molecule has 0 aromatic heterocycles. The highest BCUT2D eigenvalue weighted by Gasteiger charge is 2.20. The lowest BCUT2D eigenvalue weighted by Crippen LogP contribution is -2.52. The minimum atomic E-state index is -3.40. The molecule has 0 unspecified atom stereocenters. The highest BCUT2D eigenvalue weighted by molar-refractivity contribution is 7.88. The average Bonchev–Trinajstić information content (AvgIpc) is 2.41. The number of sulfonamides is 1. The smallest absolute Gasteiger partial charge is 0.228 e. The molecular weight excluding hydrogens is 278 g/mol. The van der Waals surface area contributed by atoms with Gasteiger partial charge in [-0.25, -0.2) is 13.4 Å². The normalized spacial score (nSPS) is 18.3. The molecule has 7 heteroatoms. The monoisotopic (exact) mass is 299 g/mol. The van der Waals surface area contributed by atoms with Crippen molar-refractivity contribution in [1.82, 2.24) is 14.7 Å². The van der Waals surface area contributed by atoms with Crippen LogP contribution in [0.2, 0.25) is 0 Å². The summed E-state index contributed by atoms with van der Waals surface area (Å²) in [5.41, 5.74) is 1.40. The van der Waals surface area contributed by atoms with Crippen molar-refractivity contribution in [3.8, 4) is 0 Å². The van der Waals surface area contributed by atoms with E-state index >= 15 is 0 Å². The Morgan fingerprint density at radius 1 is 1.20 bits per heavy atom. The maximum atomic E-state index is 12.1. The van der Waals surface area contributed by atoms with Crippen LogP contribution in [0.15, 0.2) is 24.3 Å². The number of piperazine rings is 1. The van der Waals surface area contributed by atoms with Crippen molar-refractivity contribution in [3.05, 3.63) is 35.4 Å². The summed E-state index contributed by atoms with van der Waals surface area (Å²) in [6, 6.07) is 6.99. The van der Waals surface area contributed by atoms with Crippen molar-refractivity contribution in [3.63, 3.8) is 0 Å². The van der Waals surface area contributed by atoms with Crippen LogP contribution in [0.3, 0.4) is 0 Å². The van der Waals surface area contributed by atoms with Gasteiger partial charge in [0.15, 0.2) is 0 Å². The fourth-order valence-corrected chi connectivity index (χ4v) is 3.42. The van der Waals surface area contributed by atoms with Crippen LogP contribution in [0.4, 0.5) is 0 Å². The Kier molecular flexibility index (Phi) is 5.11. The molecule has 20 heavy (non-hydrogen) atoms. The molecule has 1 saturated heterocycles. The first-order valence-corrected chi connectivity index (χ1v) is 8.26. The summed E-state index contributed by atoms with van der Waals surface area (Å²) in [5.74, 6) is -0.0762. The van der Waals surface area contributed by atoms with Crippen LogP contribution in [-0.4, -0.2) is 56.7 Å². The van der Waals surface area contributed by atoms with E-state index in [0.717, 1.165) is 18.7 Å². The first-order chi connectivity index (χ1) is 9.48. The molecule has 0 amide bonds. The van der Waals surface area contributed by atoms with Gasteiger partial charge in [0.05, 0.1) is 12.4 Å². The second-order valence-corrected chi connectivity index (χ2v) is 6.82. The van der Waals surface area contributed by atoms with Gasteiger partial charge in [-0.15, -0.1) is 4.83 Å². The van der Waals surface area contributed by atoms with E-state index in [1.165, 1.54) is 0 Å². The van der Waals surface area contributed by atoms with Crippen LogP contribution in [-0.2, 0) is 22.4 Å². The molecular formula is C13H21N3O3S. The van der Waals surface area contributed by atoms with E-state index in [0.29, 0.717) is 18.7 Å². The van der Waals surface area contributed by atoms with Gasteiger partial charge in [-0.1, -0.05) is 24.3 Å². The van der Waals surface area contributed by atoms with Crippen molar-refractivity contribution in [2.24, 2.45) is 0 Å². The van der Waals surface area contributed by atoms with Crippen LogP contribution < -0.4 is 4.83 Å². The van der Waals surface area contributed by atoms with E-state index in [1.54, 1.807) is 29.3 Å². The second-order valence-electron chi connectivity index (χ2n) is 5.12. The van der Waals surface area contributed by atoms with Crippen LogP contribution in [0.1, 0.15) is 11.1 Å². The number of nitrogens with one attached hydrogen (secondary N) is 1. The summed E-state index contributed by atoms with van der Waals surface area (Å²) in [6.07, 6.45) is 0. The number of hydrazine groups is 1. The first-order valence-electron chi connectivity index (χ1n) is 6.61. The van der Waals surface area contributed by atoms with Crippen molar-refractivity contribution >= 4 is 10.0 Å². The molecule has 1 fully saturated rings. The van der Waals surface area contributed by atoms with Gasteiger partial charge in [0.1, 0.15) is 0 Å². The third kappa shape index (κ3) is 4.53. The SMILES string of the molecule is CN1CCN(NS(=O)(=O)Cc2cccc(CO)c2)CC1. The molecule has 1 aromatic rings. The van der Waals surface area contributed by atoms with Gasteiger partial charge in [0.2, 0.25) is 10.0 Å². The van der Waals surface area contributed by atoms with Crippen molar-refractivity contribution in [2.45, 2.75) is 12.4 Å². The van der Waals surface area contributed by atoms with Crippen molar-refractivity contribution in [1.29, 1.82) is 0 Å². The number of rotatable bonds is 5. The summed E-state index contributed by atoms with van der Waals surface area (Å²) in [5, 5.41) is 10.8. The molecule has 0 saturated carbocycles. The van der Waals surface area contributed by atoms with Crippen LogP contribution in [0, 0.1) is 0 Å². The maximum Gasteiger partial charge on any atom is 0.228 e. The third-order valence-corrected chi connectivity index (χ3v) is 4.55. The summed E-state index contributed by atoms with van der Waals surface area (Å²) in [4.78, 5) is 4.78. The van der Waals surface area contributed by atoms with Crippen LogP contribution in [0.5, 0.6) is 0 Å². The summed E-state index contributed by atoms with van der Waals surface area (Å²) >= 11 is 0. The standard InChI is InChI=1S/C13H21N3O3S/c1-15-5-7-16(8-6-15)14-20(18,19)11-13-4-2-3-12(9-13)10-17/h2-4,9,14,17H,5-8,10-11H2,1H3. The lowest BCUT2D eigenvalue weighted by Gasteiger charge is -2.32. The van der Waals surface area contributed by atoms with Gasteiger partial charge in [0, 0.05) is 26.2 Å². The molecule has 1 aliphatic heterocycles. The van der Waals surface area contributed by atoms with E-state index in [9.17, 15) is 8.42 Å². The summed E-state index contributed by atoms with van der Waals surface area (Å²) in [7, 11) is -1.38. The van der Waals surface area contributed by atoms with Gasteiger partial charge in [-0.05, 0) is 18.2 Å². The zero-order valence-corrected chi connectivity index (χ0v) is 12.4. The first kappa shape index (κ1) is 15.4. The van der Waals surface area contributed by atoms with E-state index < -0.39 is 10.0 Å². The molecule has 112 valence electrons. The predicted octanol–water partition coefficient (Wildman–Crippen LogP) is -0.239. The Morgan fingerprint density at radius 3 is 2.50 bits per heavy atom. The number of hydrogen-bond acceptors (Lipinski definition) is 5. The van der Waals surface area contributed by atoms with E-state index in [2.05, 4.69) is 9.73 Å². The molecule has 1 heterocycles. The van der Waals surface area contributed by atoms with Gasteiger partial charge in [-0.2, -0.15) is 0 Å². The number of aliphatic hydroxyl groups excluding tert-OH is 1. The lowest BCUT2D eigenvalue weighted by atomic mass is 10.1. The Balaban J connectivity index is 1.96. The Bertz CT molecular complexity index is 540. The maximum absolute atomic E-state index is 12.1. The van der Waals surface area contributed by atoms with Crippen molar-refractivity contribution < 1.29 is 13.5 Å². The minimum Gasteiger partial charge on any atom is -0.392 e. The topological polar surface area (TPSA) is 72.9 Å². The summed E-state index contributed by atoms with van der Waals surface area (Å²) < 4.78 is 24.2. The quantitative estimate of drug-likeness (QED) is 0.785. The summed E-state index contributed by atoms with van der Waals surface area (Å²) in [6.45, 7) is 2.99. The zero-order valence-electron chi connectivity index (χ0n) is 11.6. The molecule has 0 spiro atoms. The molecule has 2 rings (SSSR count). The highest BCUT2D eigenvalue weighted by Crippen LogP contribution is 2.09. The predicted molar refractivity (Wildman–Crippen MR) is 77.2 cm³/mol. The van der Waals surface area contributed by atoms with Crippen LogP contribution >= 0.6 is 0 Å². The Labute approximate surface area is 120 Å². The fourth-order valence-electron chi connectivity index (χ4n) is 2.16. The van der Waals surface area contributed by atoms with Gasteiger partial charge in [0.25, 0.3) is 0 Å². The fraction of sp³-hybridized carbons (Fsp3) is 0.538. The zero-order chi connectivity index (χ0) is 14.6. The van der Waals surface area contributed by atoms with Gasteiger partial charge in [-0.3, -0.25) is 0 Å². The molecule has 1 aromatic carbocycles. The number of likely N-dealkylation sites (N-methyl/N-ethyl adjacent to an activating group) is 1. The molecule has 2 N–H and O–H groups in total. The van der Waals surface area contributed by atoms with E-state index in [1.807, 2.05) is 7.05 Å². The Hall–Kier alpha value is -0.990. The van der Waals surface area contributed by atoms with Crippen LogP contribution in [0.25, 0.3) is 0 Å². The highest BCUT2D eigenvalue weighted by atomic mass is 32.2. The third-order valence-electron chi connectivity index (χ3n) is 3.30. The molecule has 6 nitrogen and oxygen atoms in total. The number of aliphatic hydroxyl groups is 1. The van der Waals surface area contributed by atoms with Crippen molar-refractivity contribution in [2.75, 3.05) is 33.2 Å². The molecule has 1 aliphatic rings. The minimum absolute atomic E-state index is 0.0762. The number of nitrogens with zero attached hydrogens (tertiary/aromatic N) is 2. The Morgan fingerprint density at radius 2 is 1.85 bits per heavy atom. The van der Waals surface area contributed by atoms with E-state index in [-0.39, 0.29) is 12.4 Å². The second kappa shape index (κ2) is 6.64. The molecule has 0 aliphatic carbocycles. The lowest BCUT2D eigenvalue weighted by molar-refractivity contribution is 0.134. The average molecular weight is 299 g/mol. The number of hydrogen-bond donors (Lipinski definition) is 2. The molecule has 0 atom stereocenters.